The molecule has 0 bridgehead atoms. The lowest BCUT2D eigenvalue weighted by molar-refractivity contribution is -0.127. The molecule has 0 saturated heterocycles. The number of ketones is 2. The molecule has 0 aromatic heterocycles. The summed E-state index contributed by atoms with van der Waals surface area (Å²) in [6.07, 6.45) is 11.8. The first-order chi connectivity index (χ1) is 12.5. The van der Waals surface area contributed by atoms with Crippen molar-refractivity contribution < 1.29 is 14.7 Å². The van der Waals surface area contributed by atoms with Crippen molar-refractivity contribution in [2.75, 3.05) is 18.1 Å². The number of carbonyl (C=O) groups is 2. The number of allylic oxidation sites excluding steroid dienone is 4. The predicted molar refractivity (Wildman–Crippen MR) is 105 cm³/mol. The van der Waals surface area contributed by atoms with Gasteiger partial charge in [-0.15, -0.1) is 0 Å². The molecule has 142 valence electrons. The van der Waals surface area contributed by atoms with E-state index in [-0.39, 0.29) is 23.2 Å². The molecule has 4 rings (SSSR count). The maximum atomic E-state index is 12.5. The number of Topliss-reactive ketones (excluding diaryl/α,β-unsaturated/α-hetero) is 1. The average molecular weight is 375 g/mol. The second-order valence-corrected chi connectivity index (χ2v) is 10.0. The van der Waals surface area contributed by atoms with Crippen LogP contribution < -0.4 is 0 Å². The van der Waals surface area contributed by atoms with Crippen molar-refractivity contribution in [1.82, 2.24) is 0 Å². The molecule has 0 amide bonds. The van der Waals surface area contributed by atoms with E-state index >= 15 is 0 Å². The molecular weight excluding hydrogens is 344 g/mol. The monoisotopic (exact) mass is 374 g/mol. The fraction of sp³-hybridized carbons (Fsp3) is 0.727. The van der Waals surface area contributed by atoms with E-state index in [1.807, 2.05) is 17.8 Å². The van der Waals surface area contributed by atoms with Crippen LogP contribution in [0.15, 0.2) is 23.3 Å². The van der Waals surface area contributed by atoms with Gasteiger partial charge < -0.3 is 5.11 Å². The Hall–Kier alpha value is -0.870. The molecule has 0 heterocycles. The van der Waals surface area contributed by atoms with Crippen LogP contribution in [0.25, 0.3) is 0 Å². The van der Waals surface area contributed by atoms with Gasteiger partial charge in [-0.3, -0.25) is 9.59 Å². The van der Waals surface area contributed by atoms with Crippen LogP contribution in [0.1, 0.15) is 58.3 Å². The first-order valence-electron chi connectivity index (χ1n) is 10.2. The lowest BCUT2D eigenvalue weighted by Gasteiger charge is -2.53. The van der Waals surface area contributed by atoms with E-state index < -0.39 is 0 Å². The Kier molecular flexibility index (Phi) is 4.94. The van der Waals surface area contributed by atoms with Crippen molar-refractivity contribution in [3.05, 3.63) is 23.3 Å². The van der Waals surface area contributed by atoms with Gasteiger partial charge >= 0.3 is 0 Å². The second kappa shape index (κ2) is 6.94. The molecule has 0 spiro atoms. The molecule has 0 aromatic carbocycles. The summed E-state index contributed by atoms with van der Waals surface area (Å²) >= 11 is 1.81. The van der Waals surface area contributed by atoms with Gasteiger partial charge in [0.2, 0.25) is 0 Å². The van der Waals surface area contributed by atoms with Gasteiger partial charge in [0.05, 0.1) is 6.61 Å². The molecule has 2 saturated carbocycles. The maximum Gasteiger partial charge on any atom is 0.155 e. The van der Waals surface area contributed by atoms with E-state index in [1.54, 1.807) is 5.57 Å². The maximum absolute atomic E-state index is 12.5. The van der Waals surface area contributed by atoms with Gasteiger partial charge in [0.1, 0.15) is 5.78 Å². The van der Waals surface area contributed by atoms with Gasteiger partial charge in [0.15, 0.2) is 5.78 Å². The molecule has 0 aliphatic heterocycles. The third kappa shape index (κ3) is 2.75. The van der Waals surface area contributed by atoms with E-state index in [0.717, 1.165) is 56.5 Å². The quantitative estimate of drug-likeness (QED) is 0.581. The molecular formula is C22H30O3S. The molecule has 4 heteroatoms. The molecule has 2 fully saturated rings. The van der Waals surface area contributed by atoms with E-state index in [9.17, 15) is 9.59 Å². The van der Waals surface area contributed by atoms with Crippen LogP contribution in [0.4, 0.5) is 0 Å². The summed E-state index contributed by atoms with van der Waals surface area (Å²) in [5.74, 6) is 3.58. The van der Waals surface area contributed by atoms with Crippen LogP contribution >= 0.6 is 11.8 Å². The van der Waals surface area contributed by atoms with Crippen LogP contribution in [0.2, 0.25) is 0 Å². The number of carbonyl (C=O) groups excluding carboxylic acids is 2. The summed E-state index contributed by atoms with van der Waals surface area (Å²) in [4.78, 5) is 24.6. The van der Waals surface area contributed by atoms with Crippen LogP contribution in [0.3, 0.4) is 0 Å². The Bertz CT molecular complexity index is 679. The highest BCUT2D eigenvalue weighted by Crippen LogP contribution is 2.63. The van der Waals surface area contributed by atoms with Crippen LogP contribution in [0.5, 0.6) is 0 Å². The van der Waals surface area contributed by atoms with Crippen LogP contribution in [0, 0.1) is 22.7 Å². The number of hydrogen-bond acceptors (Lipinski definition) is 4. The molecule has 4 aliphatic carbocycles. The number of thioether (sulfide) groups is 1. The summed E-state index contributed by atoms with van der Waals surface area (Å²) in [5.41, 5.74) is 2.82. The number of aliphatic hydroxyl groups excluding tert-OH is 1. The minimum Gasteiger partial charge on any atom is -0.396 e. The predicted octanol–water partition coefficient (Wildman–Crippen LogP) is 4.10. The third-order valence-electron chi connectivity index (χ3n) is 7.70. The number of rotatable bonds is 5. The minimum absolute atomic E-state index is 0.0479. The normalized spacial score (nSPS) is 39.0. The summed E-state index contributed by atoms with van der Waals surface area (Å²) in [7, 11) is 0. The molecule has 4 atom stereocenters. The molecule has 26 heavy (non-hydrogen) atoms. The van der Waals surface area contributed by atoms with Crippen molar-refractivity contribution in [2.24, 2.45) is 22.7 Å². The highest BCUT2D eigenvalue weighted by atomic mass is 32.2. The first-order valence-corrected chi connectivity index (χ1v) is 11.3. The van der Waals surface area contributed by atoms with Gasteiger partial charge in [-0.2, -0.15) is 11.8 Å². The summed E-state index contributed by atoms with van der Waals surface area (Å²) in [6, 6.07) is 0. The highest BCUT2D eigenvalue weighted by Gasteiger charge is 2.56. The van der Waals surface area contributed by atoms with E-state index in [1.165, 1.54) is 5.57 Å². The van der Waals surface area contributed by atoms with Crippen molar-refractivity contribution in [3.63, 3.8) is 0 Å². The number of aliphatic hydroxyl groups is 1. The van der Waals surface area contributed by atoms with Crippen molar-refractivity contribution >= 4 is 23.3 Å². The fourth-order valence-electron chi connectivity index (χ4n) is 6.30. The average Bonchev–Trinajstić information content (AvgIpc) is 2.94. The summed E-state index contributed by atoms with van der Waals surface area (Å²) in [5, 5.41) is 9.09. The molecule has 0 aromatic rings. The third-order valence-corrected chi connectivity index (χ3v) is 8.67. The summed E-state index contributed by atoms with van der Waals surface area (Å²) < 4.78 is 0. The SMILES string of the molecule is C[C@]12CC=C3[C@@H](CCC4=CC(=O)CC[C@@]43CCSCCO)[C@@H]1CCC2=O. The topological polar surface area (TPSA) is 54.4 Å². The van der Waals surface area contributed by atoms with E-state index in [4.69, 9.17) is 5.11 Å². The van der Waals surface area contributed by atoms with Crippen molar-refractivity contribution in [1.29, 1.82) is 0 Å². The number of hydrogen-bond donors (Lipinski definition) is 1. The van der Waals surface area contributed by atoms with Gasteiger partial charge in [0.25, 0.3) is 0 Å². The van der Waals surface area contributed by atoms with Gasteiger partial charge in [-0.05, 0) is 62.2 Å². The zero-order valence-electron chi connectivity index (χ0n) is 15.8. The van der Waals surface area contributed by atoms with Crippen molar-refractivity contribution in [3.8, 4) is 0 Å². The van der Waals surface area contributed by atoms with Crippen LogP contribution in [-0.4, -0.2) is 34.8 Å². The Balaban J connectivity index is 1.69. The van der Waals surface area contributed by atoms with Crippen LogP contribution in [-0.2, 0) is 9.59 Å². The molecule has 4 aliphatic rings. The molecule has 0 unspecified atom stereocenters. The van der Waals surface area contributed by atoms with Crippen molar-refractivity contribution in [2.45, 2.75) is 58.3 Å². The smallest absolute Gasteiger partial charge is 0.155 e. The van der Waals surface area contributed by atoms with Gasteiger partial charge in [-0.25, -0.2) is 0 Å². The largest absolute Gasteiger partial charge is 0.396 e. The fourth-order valence-corrected chi connectivity index (χ4v) is 7.13. The molecule has 1 N–H and O–H groups in total. The lowest BCUT2D eigenvalue weighted by Crippen LogP contribution is -2.46. The molecule has 3 nitrogen and oxygen atoms in total. The highest BCUT2D eigenvalue weighted by molar-refractivity contribution is 7.99. The Morgan fingerprint density at radius 2 is 2.04 bits per heavy atom. The van der Waals surface area contributed by atoms with E-state index in [0.29, 0.717) is 24.0 Å². The second-order valence-electron chi connectivity index (χ2n) is 8.80. The zero-order chi connectivity index (χ0) is 18.4. The Labute approximate surface area is 160 Å². The number of fused-ring (bicyclic) bond motifs is 5. The minimum atomic E-state index is -0.146. The standard InChI is InChI=1S/C22H30O3S/c1-21-8-7-19-17(18(21)4-5-20(21)25)3-2-15-14-16(24)6-9-22(15,19)10-12-26-13-11-23/h7,14,17-18,23H,2-6,8-13H2,1H3/t17-,18-,21-,22+/m0/s1. The first kappa shape index (κ1) is 18.5. The van der Waals surface area contributed by atoms with Gasteiger partial charge in [-0.1, -0.05) is 24.1 Å². The van der Waals surface area contributed by atoms with Gasteiger partial charge in [0, 0.05) is 29.4 Å². The zero-order valence-corrected chi connectivity index (χ0v) is 16.6. The molecule has 0 radical (unpaired) electrons. The Morgan fingerprint density at radius 3 is 2.85 bits per heavy atom. The summed E-state index contributed by atoms with van der Waals surface area (Å²) in [6.45, 7) is 2.42. The van der Waals surface area contributed by atoms with E-state index in [2.05, 4.69) is 13.0 Å². The Morgan fingerprint density at radius 1 is 1.19 bits per heavy atom. The lowest BCUT2D eigenvalue weighted by atomic mass is 9.50.